The minimum Gasteiger partial charge on any atom is -0.473 e. The Morgan fingerprint density at radius 1 is 1.41 bits per heavy atom. The van der Waals surface area contributed by atoms with Crippen molar-refractivity contribution in [1.29, 1.82) is 0 Å². The number of halogens is 1. The second kappa shape index (κ2) is 6.31. The predicted octanol–water partition coefficient (Wildman–Crippen LogP) is 1.55. The van der Waals surface area contributed by atoms with Crippen molar-refractivity contribution < 1.29 is 9.53 Å². The summed E-state index contributed by atoms with van der Waals surface area (Å²) in [5.74, 6) is 0.352. The van der Waals surface area contributed by atoms with E-state index in [-0.39, 0.29) is 12.0 Å². The molecule has 8 heteroatoms. The summed E-state index contributed by atoms with van der Waals surface area (Å²) < 4.78 is 7.33. The van der Waals surface area contributed by atoms with E-state index in [1.807, 2.05) is 0 Å². The molecule has 0 aliphatic carbocycles. The molecule has 0 N–H and O–H groups in total. The summed E-state index contributed by atoms with van der Waals surface area (Å²) in [6.07, 6.45) is 4.75. The molecule has 0 unspecified atom stereocenters. The van der Waals surface area contributed by atoms with Crippen LogP contribution in [0.5, 0.6) is 5.88 Å². The summed E-state index contributed by atoms with van der Waals surface area (Å²) in [5, 5.41) is 8.14. The van der Waals surface area contributed by atoms with Crippen LogP contribution in [0.1, 0.15) is 23.3 Å². The van der Waals surface area contributed by atoms with Crippen LogP contribution in [-0.4, -0.2) is 50.0 Å². The van der Waals surface area contributed by atoms with Gasteiger partial charge in [0.05, 0.1) is 6.20 Å². The molecule has 22 heavy (non-hydrogen) atoms. The second-order valence-corrected chi connectivity index (χ2v) is 5.58. The molecule has 1 saturated heterocycles. The number of ether oxygens (including phenoxy) is 1. The van der Waals surface area contributed by atoms with Gasteiger partial charge in [-0.15, -0.1) is 5.10 Å². The van der Waals surface area contributed by atoms with Gasteiger partial charge in [-0.05, 0) is 12.1 Å². The molecular weight excluding hydrogens is 306 g/mol. The molecule has 0 spiro atoms. The fourth-order valence-corrected chi connectivity index (χ4v) is 2.57. The highest BCUT2D eigenvalue weighted by atomic mass is 35.5. The van der Waals surface area contributed by atoms with E-state index in [2.05, 4.69) is 15.3 Å². The molecule has 2 aromatic rings. The Bertz CT molecular complexity index is 667. The maximum Gasteiger partial charge on any atom is 0.276 e. The van der Waals surface area contributed by atoms with Gasteiger partial charge in [0.15, 0.2) is 5.69 Å². The molecular formula is C14H16ClN5O2. The first kappa shape index (κ1) is 14.8. The molecule has 0 aromatic carbocycles. The molecule has 0 radical (unpaired) electrons. The zero-order chi connectivity index (χ0) is 15.5. The lowest BCUT2D eigenvalue weighted by atomic mass is 10.1. The molecule has 116 valence electrons. The molecule has 1 aliphatic heterocycles. The lowest BCUT2D eigenvalue weighted by Crippen LogP contribution is -2.42. The number of nitrogens with zero attached hydrogens (tertiary/aromatic N) is 5. The largest absolute Gasteiger partial charge is 0.473 e. The van der Waals surface area contributed by atoms with Gasteiger partial charge >= 0.3 is 0 Å². The van der Waals surface area contributed by atoms with Gasteiger partial charge in [0.1, 0.15) is 11.1 Å². The van der Waals surface area contributed by atoms with Crippen LogP contribution in [0.2, 0.25) is 5.02 Å². The van der Waals surface area contributed by atoms with Gasteiger partial charge in [-0.1, -0.05) is 16.8 Å². The second-order valence-electron chi connectivity index (χ2n) is 5.18. The summed E-state index contributed by atoms with van der Waals surface area (Å²) in [6, 6.07) is 3.51. The summed E-state index contributed by atoms with van der Waals surface area (Å²) in [7, 11) is 1.74. The summed E-state index contributed by atoms with van der Waals surface area (Å²) >= 11 is 6.04. The first-order valence-corrected chi connectivity index (χ1v) is 7.44. The highest BCUT2D eigenvalue weighted by Crippen LogP contribution is 2.24. The summed E-state index contributed by atoms with van der Waals surface area (Å²) in [5.41, 5.74) is 0.370. The summed E-state index contributed by atoms with van der Waals surface area (Å²) in [4.78, 5) is 18.2. The van der Waals surface area contributed by atoms with Gasteiger partial charge in [-0.25, -0.2) is 4.98 Å². The number of hydrogen-bond acceptors (Lipinski definition) is 5. The molecule has 0 atom stereocenters. The minimum absolute atomic E-state index is 0.0123. The Hall–Kier alpha value is -2.15. The van der Waals surface area contributed by atoms with Crippen molar-refractivity contribution in [3.8, 4) is 5.88 Å². The summed E-state index contributed by atoms with van der Waals surface area (Å²) in [6.45, 7) is 1.23. The van der Waals surface area contributed by atoms with Gasteiger partial charge in [-0.2, -0.15) is 0 Å². The zero-order valence-electron chi connectivity index (χ0n) is 12.1. The standard InChI is InChI=1S/C14H16ClN5O2/c1-19-9-12(17-18-19)14(21)20-7-4-10(5-8-20)22-13-11(15)3-2-6-16-13/h2-3,6,9-10H,4-5,7-8H2,1H3. The molecule has 1 amide bonds. The quantitative estimate of drug-likeness (QED) is 0.857. The maximum absolute atomic E-state index is 12.3. The number of aryl methyl sites for hydroxylation is 1. The number of pyridine rings is 1. The van der Waals surface area contributed by atoms with E-state index in [9.17, 15) is 4.79 Å². The number of amides is 1. The number of carbonyl (C=O) groups is 1. The van der Waals surface area contributed by atoms with E-state index in [0.29, 0.717) is 29.7 Å². The molecule has 7 nitrogen and oxygen atoms in total. The fourth-order valence-electron chi connectivity index (χ4n) is 2.40. The van der Waals surface area contributed by atoms with Crippen molar-refractivity contribution in [2.45, 2.75) is 18.9 Å². The van der Waals surface area contributed by atoms with Crippen molar-refractivity contribution in [3.05, 3.63) is 35.2 Å². The van der Waals surface area contributed by atoms with E-state index in [1.165, 1.54) is 4.68 Å². The van der Waals surface area contributed by atoms with Crippen molar-refractivity contribution in [2.24, 2.45) is 7.05 Å². The maximum atomic E-state index is 12.3. The smallest absolute Gasteiger partial charge is 0.276 e. The number of likely N-dealkylation sites (tertiary alicyclic amines) is 1. The van der Waals surface area contributed by atoms with Crippen LogP contribution in [0.3, 0.4) is 0 Å². The third kappa shape index (κ3) is 3.19. The molecule has 0 saturated carbocycles. The number of rotatable bonds is 3. The lowest BCUT2D eigenvalue weighted by Gasteiger charge is -2.31. The van der Waals surface area contributed by atoms with Gasteiger partial charge in [0.2, 0.25) is 5.88 Å². The Balaban J connectivity index is 1.56. The third-order valence-corrected chi connectivity index (χ3v) is 3.84. The highest BCUT2D eigenvalue weighted by Gasteiger charge is 2.26. The van der Waals surface area contributed by atoms with Crippen LogP contribution in [0.25, 0.3) is 0 Å². The zero-order valence-corrected chi connectivity index (χ0v) is 12.9. The molecule has 0 bridgehead atoms. The average molecular weight is 322 g/mol. The lowest BCUT2D eigenvalue weighted by molar-refractivity contribution is 0.0582. The Labute approximate surface area is 132 Å². The van der Waals surface area contributed by atoms with E-state index >= 15 is 0 Å². The molecule has 3 rings (SSSR count). The molecule has 2 aromatic heterocycles. The van der Waals surface area contributed by atoms with Crippen LogP contribution in [0.4, 0.5) is 0 Å². The van der Waals surface area contributed by atoms with Gasteiger partial charge in [-0.3, -0.25) is 9.48 Å². The molecule has 3 heterocycles. The Kier molecular flexibility index (Phi) is 4.24. The monoisotopic (exact) mass is 321 g/mol. The van der Waals surface area contributed by atoms with E-state index in [1.54, 1.807) is 36.5 Å². The third-order valence-electron chi connectivity index (χ3n) is 3.55. The SMILES string of the molecule is Cn1cc(C(=O)N2CCC(Oc3ncccc3Cl)CC2)nn1. The van der Waals surface area contributed by atoms with E-state index < -0.39 is 0 Å². The number of hydrogen-bond donors (Lipinski definition) is 0. The van der Waals surface area contributed by atoms with Crippen molar-refractivity contribution in [1.82, 2.24) is 24.9 Å². The van der Waals surface area contributed by atoms with Gasteiger partial charge in [0.25, 0.3) is 5.91 Å². The van der Waals surface area contributed by atoms with Crippen LogP contribution < -0.4 is 4.74 Å². The molecule has 1 fully saturated rings. The van der Waals surface area contributed by atoms with Crippen molar-refractivity contribution in [2.75, 3.05) is 13.1 Å². The number of aromatic nitrogens is 4. The predicted molar refractivity (Wildman–Crippen MR) is 79.8 cm³/mol. The van der Waals surface area contributed by atoms with Crippen molar-refractivity contribution in [3.63, 3.8) is 0 Å². The average Bonchev–Trinajstić information content (AvgIpc) is 2.96. The fraction of sp³-hybridized carbons (Fsp3) is 0.429. The highest BCUT2D eigenvalue weighted by molar-refractivity contribution is 6.31. The van der Waals surface area contributed by atoms with Crippen molar-refractivity contribution >= 4 is 17.5 Å². The first-order chi connectivity index (χ1) is 10.6. The van der Waals surface area contributed by atoms with E-state index in [4.69, 9.17) is 16.3 Å². The topological polar surface area (TPSA) is 73.1 Å². The number of piperidine rings is 1. The Morgan fingerprint density at radius 3 is 2.82 bits per heavy atom. The Morgan fingerprint density at radius 2 is 2.18 bits per heavy atom. The molecule has 1 aliphatic rings. The normalized spacial score (nSPS) is 15.8. The minimum atomic E-state index is -0.0950. The number of carbonyl (C=O) groups excluding carboxylic acids is 1. The van der Waals surface area contributed by atoms with Crippen LogP contribution >= 0.6 is 11.6 Å². The van der Waals surface area contributed by atoms with E-state index in [0.717, 1.165) is 12.8 Å². The van der Waals surface area contributed by atoms with Crippen LogP contribution in [0.15, 0.2) is 24.5 Å². The van der Waals surface area contributed by atoms with Gasteiger partial charge in [0, 0.05) is 39.2 Å². The van der Waals surface area contributed by atoms with Crippen LogP contribution in [0, 0.1) is 0 Å². The van der Waals surface area contributed by atoms with Gasteiger partial charge < -0.3 is 9.64 Å². The first-order valence-electron chi connectivity index (χ1n) is 7.06. The van der Waals surface area contributed by atoms with Crippen LogP contribution in [-0.2, 0) is 7.05 Å².